The maximum atomic E-state index is 12.7. The molecular weight excluding hydrogens is 278 g/mol. The number of hydrogen-bond donors (Lipinski definition) is 1. The van der Waals surface area contributed by atoms with Crippen LogP contribution in [0.25, 0.3) is 0 Å². The van der Waals surface area contributed by atoms with E-state index >= 15 is 0 Å². The molecule has 0 spiro atoms. The van der Waals surface area contributed by atoms with E-state index in [-0.39, 0.29) is 12.2 Å². The molecule has 1 aliphatic heterocycles. The quantitative estimate of drug-likeness (QED) is 0.882. The zero-order valence-corrected chi connectivity index (χ0v) is 13.3. The van der Waals surface area contributed by atoms with Gasteiger partial charge in [-0.1, -0.05) is 0 Å². The number of aryl methyl sites for hydroxylation is 1. The predicted octanol–water partition coefficient (Wildman–Crippen LogP) is 0.542. The van der Waals surface area contributed by atoms with Gasteiger partial charge < -0.3 is 14.6 Å². The molecule has 0 bridgehead atoms. The Balaban J connectivity index is 2.27. The summed E-state index contributed by atoms with van der Waals surface area (Å²) in [6, 6.07) is 1.73. The lowest BCUT2D eigenvalue weighted by molar-refractivity contribution is -0.0440. The van der Waals surface area contributed by atoms with E-state index in [2.05, 4.69) is 5.32 Å². The molecule has 1 saturated heterocycles. The Morgan fingerprint density at radius 3 is 2.50 bits per heavy atom. The molecule has 114 valence electrons. The van der Waals surface area contributed by atoms with Crippen molar-refractivity contribution in [2.45, 2.75) is 37.5 Å². The first-order chi connectivity index (χ1) is 9.34. The van der Waals surface area contributed by atoms with E-state index in [1.807, 2.05) is 32.5 Å². The van der Waals surface area contributed by atoms with Crippen molar-refractivity contribution in [2.75, 3.05) is 20.1 Å². The maximum Gasteiger partial charge on any atom is 0.244 e. The predicted molar refractivity (Wildman–Crippen MR) is 76.9 cm³/mol. The maximum absolute atomic E-state index is 12.7. The smallest absolute Gasteiger partial charge is 0.244 e. The first-order valence-electron chi connectivity index (χ1n) is 6.80. The van der Waals surface area contributed by atoms with Gasteiger partial charge in [-0.2, -0.15) is 4.31 Å². The fourth-order valence-electron chi connectivity index (χ4n) is 2.55. The summed E-state index contributed by atoms with van der Waals surface area (Å²) in [6.45, 7) is 5.25. The second kappa shape index (κ2) is 5.85. The number of rotatable bonds is 4. The van der Waals surface area contributed by atoms with E-state index in [4.69, 9.17) is 4.74 Å². The van der Waals surface area contributed by atoms with Crippen molar-refractivity contribution in [1.29, 1.82) is 0 Å². The molecule has 2 heterocycles. The molecule has 1 aromatic heterocycles. The molecule has 0 saturated carbocycles. The van der Waals surface area contributed by atoms with Gasteiger partial charge in [0.15, 0.2) is 0 Å². The fraction of sp³-hybridized carbons (Fsp3) is 0.692. The lowest BCUT2D eigenvalue weighted by atomic mass is 10.3. The van der Waals surface area contributed by atoms with Crippen molar-refractivity contribution in [3.8, 4) is 0 Å². The number of hydrogen-bond acceptors (Lipinski definition) is 4. The summed E-state index contributed by atoms with van der Waals surface area (Å²) in [5.41, 5.74) is 0.945. The Morgan fingerprint density at radius 1 is 1.35 bits per heavy atom. The van der Waals surface area contributed by atoms with Crippen molar-refractivity contribution in [1.82, 2.24) is 14.2 Å². The minimum atomic E-state index is -3.44. The monoisotopic (exact) mass is 301 g/mol. The summed E-state index contributed by atoms with van der Waals surface area (Å²) < 4.78 is 34.3. The number of nitrogens with one attached hydrogen (secondary N) is 1. The highest BCUT2D eigenvalue weighted by Crippen LogP contribution is 2.22. The van der Waals surface area contributed by atoms with E-state index < -0.39 is 10.0 Å². The van der Waals surface area contributed by atoms with Gasteiger partial charge in [-0.15, -0.1) is 0 Å². The second-order valence-corrected chi connectivity index (χ2v) is 7.33. The van der Waals surface area contributed by atoms with Gasteiger partial charge >= 0.3 is 0 Å². The van der Waals surface area contributed by atoms with Crippen LogP contribution in [0.15, 0.2) is 17.2 Å². The lowest BCUT2D eigenvalue weighted by Gasteiger charge is -2.34. The molecule has 1 N–H and O–H groups in total. The van der Waals surface area contributed by atoms with Gasteiger partial charge in [0.25, 0.3) is 0 Å². The van der Waals surface area contributed by atoms with Crippen LogP contribution in [0, 0.1) is 0 Å². The average molecular weight is 301 g/mol. The van der Waals surface area contributed by atoms with E-state index in [9.17, 15) is 8.42 Å². The van der Waals surface area contributed by atoms with Crippen molar-refractivity contribution in [2.24, 2.45) is 7.05 Å². The van der Waals surface area contributed by atoms with Crippen LogP contribution in [0.3, 0.4) is 0 Å². The van der Waals surface area contributed by atoms with E-state index in [0.29, 0.717) is 24.5 Å². The lowest BCUT2D eigenvalue weighted by Crippen LogP contribution is -2.48. The van der Waals surface area contributed by atoms with Gasteiger partial charge in [-0.05, 0) is 27.0 Å². The topological polar surface area (TPSA) is 63.6 Å². The number of nitrogens with zero attached hydrogens (tertiary/aromatic N) is 2. The third-order valence-corrected chi connectivity index (χ3v) is 5.26. The van der Waals surface area contributed by atoms with Crippen LogP contribution in [0.4, 0.5) is 0 Å². The van der Waals surface area contributed by atoms with E-state index in [1.54, 1.807) is 12.3 Å². The molecule has 7 heteroatoms. The Morgan fingerprint density at radius 2 is 1.95 bits per heavy atom. The highest BCUT2D eigenvalue weighted by molar-refractivity contribution is 7.89. The molecule has 1 fully saturated rings. The van der Waals surface area contributed by atoms with Gasteiger partial charge in [0.2, 0.25) is 10.0 Å². The number of sulfonamides is 1. The highest BCUT2D eigenvalue weighted by atomic mass is 32.2. The molecule has 6 nitrogen and oxygen atoms in total. The van der Waals surface area contributed by atoms with E-state index in [1.165, 1.54) is 4.31 Å². The molecular formula is C13H23N3O3S. The minimum absolute atomic E-state index is 0.0750. The highest BCUT2D eigenvalue weighted by Gasteiger charge is 2.32. The molecule has 1 aromatic rings. The summed E-state index contributed by atoms with van der Waals surface area (Å²) in [4.78, 5) is 0.353. The van der Waals surface area contributed by atoms with Gasteiger partial charge in [-0.3, -0.25) is 0 Å². The molecule has 0 radical (unpaired) electrons. The Hall–Kier alpha value is -0.890. The van der Waals surface area contributed by atoms with Crippen molar-refractivity contribution >= 4 is 10.0 Å². The van der Waals surface area contributed by atoms with Crippen molar-refractivity contribution < 1.29 is 13.2 Å². The Bertz CT molecular complexity index is 557. The molecule has 2 atom stereocenters. The average Bonchev–Trinajstić information content (AvgIpc) is 2.71. The molecule has 0 aliphatic carbocycles. The van der Waals surface area contributed by atoms with Crippen LogP contribution < -0.4 is 5.32 Å². The Kier molecular flexibility index (Phi) is 4.53. The van der Waals surface area contributed by atoms with Crippen LogP contribution in [0.2, 0.25) is 0 Å². The summed E-state index contributed by atoms with van der Waals surface area (Å²) in [7, 11) is 0.254. The van der Waals surface area contributed by atoms with Gasteiger partial charge in [-0.25, -0.2) is 8.42 Å². The Labute approximate surface area is 120 Å². The van der Waals surface area contributed by atoms with Crippen molar-refractivity contribution in [3.05, 3.63) is 18.0 Å². The number of aromatic nitrogens is 1. The molecule has 1 aliphatic rings. The third-order valence-electron chi connectivity index (χ3n) is 3.46. The SMILES string of the molecule is CNCc1cc(S(=O)(=O)N2CC(C)OC(C)C2)cn1C. The first-order valence-corrected chi connectivity index (χ1v) is 8.24. The standard InChI is InChI=1S/C13H23N3O3S/c1-10-7-16(8-11(2)19-10)20(17,18)13-5-12(6-14-3)15(4)9-13/h5,9-11,14H,6-8H2,1-4H3. The summed E-state index contributed by atoms with van der Waals surface area (Å²) in [6.07, 6.45) is 1.52. The summed E-state index contributed by atoms with van der Waals surface area (Å²) in [5.74, 6) is 0. The van der Waals surface area contributed by atoms with Gasteiger partial charge in [0.1, 0.15) is 4.90 Å². The zero-order chi connectivity index (χ0) is 14.9. The minimum Gasteiger partial charge on any atom is -0.373 e. The van der Waals surface area contributed by atoms with Crippen molar-refractivity contribution in [3.63, 3.8) is 0 Å². The second-order valence-electron chi connectivity index (χ2n) is 5.39. The van der Waals surface area contributed by atoms with Crippen LogP contribution in [-0.2, 0) is 28.4 Å². The van der Waals surface area contributed by atoms with Gasteiger partial charge in [0.05, 0.1) is 12.2 Å². The van der Waals surface area contributed by atoms with Crippen LogP contribution >= 0.6 is 0 Å². The summed E-state index contributed by atoms with van der Waals surface area (Å²) in [5, 5.41) is 3.03. The molecule has 0 aromatic carbocycles. The third kappa shape index (κ3) is 3.06. The zero-order valence-electron chi connectivity index (χ0n) is 12.5. The van der Waals surface area contributed by atoms with Crippen LogP contribution in [0.1, 0.15) is 19.5 Å². The van der Waals surface area contributed by atoms with Crippen LogP contribution in [-0.4, -0.2) is 49.6 Å². The first kappa shape index (κ1) is 15.5. The van der Waals surface area contributed by atoms with E-state index in [0.717, 1.165) is 5.69 Å². The van der Waals surface area contributed by atoms with Gasteiger partial charge in [0, 0.05) is 38.6 Å². The number of ether oxygens (including phenoxy) is 1. The fourth-order valence-corrected chi connectivity index (χ4v) is 4.24. The molecule has 2 rings (SSSR count). The summed E-state index contributed by atoms with van der Waals surface area (Å²) >= 11 is 0. The van der Waals surface area contributed by atoms with Crippen LogP contribution in [0.5, 0.6) is 0 Å². The number of morpholine rings is 1. The normalized spacial score (nSPS) is 25.0. The molecule has 0 amide bonds. The largest absolute Gasteiger partial charge is 0.373 e. The molecule has 2 unspecified atom stereocenters. The molecule has 20 heavy (non-hydrogen) atoms.